The van der Waals surface area contributed by atoms with Crippen LogP contribution in [-0.2, 0) is 13.5 Å². The van der Waals surface area contributed by atoms with Gasteiger partial charge in [0, 0.05) is 46.2 Å². The average molecular weight is 274 g/mol. The lowest BCUT2D eigenvalue weighted by molar-refractivity contribution is 0.242. The van der Waals surface area contributed by atoms with Gasteiger partial charge in [-0.2, -0.15) is 0 Å². The lowest BCUT2D eigenvalue weighted by atomic mass is 10.3. The van der Waals surface area contributed by atoms with Crippen molar-refractivity contribution < 1.29 is 0 Å². The van der Waals surface area contributed by atoms with Gasteiger partial charge >= 0.3 is 0 Å². The minimum absolute atomic E-state index is 0.875. The number of hydrogen-bond acceptors (Lipinski definition) is 4. The Morgan fingerprint density at radius 1 is 1.40 bits per heavy atom. The van der Waals surface area contributed by atoms with Crippen molar-refractivity contribution in [1.82, 2.24) is 25.2 Å². The SMILES string of the molecule is Cn1nnc(Br)c1CCN1CCNCC1. The highest BCUT2D eigenvalue weighted by Gasteiger charge is 2.12. The highest BCUT2D eigenvalue weighted by Crippen LogP contribution is 2.12. The molecule has 1 aromatic rings. The minimum Gasteiger partial charge on any atom is -0.314 e. The summed E-state index contributed by atoms with van der Waals surface area (Å²) in [6.45, 7) is 5.57. The summed E-state index contributed by atoms with van der Waals surface area (Å²) in [5, 5.41) is 11.3. The van der Waals surface area contributed by atoms with Crippen molar-refractivity contribution in [2.75, 3.05) is 32.7 Å². The van der Waals surface area contributed by atoms with E-state index in [0.717, 1.165) is 43.7 Å². The van der Waals surface area contributed by atoms with E-state index < -0.39 is 0 Å². The van der Waals surface area contributed by atoms with Gasteiger partial charge < -0.3 is 10.2 Å². The molecule has 0 aromatic carbocycles. The second-order valence-corrected chi connectivity index (χ2v) is 4.54. The Labute approximate surface area is 98.0 Å². The van der Waals surface area contributed by atoms with Gasteiger partial charge in [0.05, 0.1) is 5.69 Å². The summed E-state index contributed by atoms with van der Waals surface area (Å²) in [6.07, 6.45) is 1.00. The van der Waals surface area contributed by atoms with E-state index in [-0.39, 0.29) is 0 Å². The van der Waals surface area contributed by atoms with Crippen LogP contribution in [0.2, 0.25) is 0 Å². The summed E-state index contributed by atoms with van der Waals surface area (Å²) < 4.78 is 2.71. The van der Waals surface area contributed by atoms with E-state index in [4.69, 9.17) is 0 Å². The second-order valence-electron chi connectivity index (χ2n) is 3.79. The molecular formula is C9H16BrN5. The van der Waals surface area contributed by atoms with E-state index in [0.29, 0.717) is 0 Å². The van der Waals surface area contributed by atoms with E-state index in [9.17, 15) is 0 Å². The van der Waals surface area contributed by atoms with Crippen molar-refractivity contribution in [3.8, 4) is 0 Å². The molecule has 0 radical (unpaired) electrons. The van der Waals surface area contributed by atoms with Crippen LogP contribution in [0.15, 0.2) is 4.60 Å². The fourth-order valence-corrected chi connectivity index (χ4v) is 2.34. The van der Waals surface area contributed by atoms with E-state index >= 15 is 0 Å². The molecule has 0 amide bonds. The van der Waals surface area contributed by atoms with E-state index in [1.807, 2.05) is 11.7 Å². The fourth-order valence-electron chi connectivity index (χ4n) is 1.82. The Balaban J connectivity index is 1.87. The zero-order chi connectivity index (χ0) is 10.7. The molecule has 1 saturated heterocycles. The van der Waals surface area contributed by atoms with Crippen LogP contribution in [0.5, 0.6) is 0 Å². The van der Waals surface area contributed by atoms with Gasteiger partial charge in [0.15, 0.2) is 4.60 Å². The summed E-state index contributed by atoms with van der Waals surface area (Å²) >= 11 is 3.42. The third-order valence-electron chi connectivity index (χ3n) is 2.77. The first-order valence-corrected chi connectivity index (χ1v) is 6.04. The van der Waals surface area contributed by atoms with Gasteiger partial charge in [0.2, 0.25) is 0 Å². The zero-order valence-electron chi connectivity index (χ0n) is 8.91. The Kier molecular flexibility index (Phi) is 3.71. The van der Waals surface area contributed by atoms with Crippen LogP contribution in [-0.4, -0.2) is 52.6 Å². The van der Waals surface area contributed by atoms with Crippen molar-refractivity contribution in [2.24, 2.45) is 7.05 Å². The molecule has 0 atom stereocenters. The topological polar surface area (TPSA) is 46.0 Å². The van der Waals surface area contributed by atoms with E-state index in [1.165, 1.54) is 5.69 Å². The van der Waals surface area contributed by atoms with Crippen LogP contribution < -0.4 is 5.32 Å². The molecule has 15 heavy (non-hydrogen) atoms. The number of nitrogens with one attached hydrogen (secondary N) is 1. The second kappa shape index (κ2) is 5.05. The molecule has 1 fully saturated rings. The van der Waals surface area contributed by atoms with E-state index in [2.05, 4.69) is 36.5 Å². The fraction of sp³-hybridized carbons (Fsp3) is 0.778. The Bertz CT molecular complexity index is 299. The molecule has 0 spiro atoms. The van der Waals surface area contributed by atoms with Gasteiger partial charge in [0.1, 0.15) is 0 Å². The van der Waals surface area contributed by atoms with Crippen molar-refractivity contribution in [3.63, 3.8) is 0 Å². The molecule has 2 rings (SSSR count). The van der Waals surface area contributed by atoms with E-state index in [1.54, 1.807) is 0 Å². The van der Waals surface area contributed by atoms with Crippen LogP contribution in [0, 0.1) is 0 Å². The molecule has 0 aliphatic carbocycles. The molecule has 2 heterocycles. The molecule has 1 N–H and O–H groups in total. The third-order valence-corrected chi connectivity index (χ3v) is 3.39. The number of halogens is 1. The molecule has 5 nitrogen and oxygen atoms in total. The lowest BCUT2D eigenvalue weighted by Gasteiger charge is -2.26. The predicted molar refractivity (Wildman–Crippen MR) is 61.7 cm³/mol. The van der Waals surface area contributed by atoms with Crippen LogP contribution in [0.3, 0.4) is 0 Å². The maximum Gasteiger partial charge on any atom is 0.151 e. The summed E-state index contributed by atoms with van der Waals surface area (Å²) in [5.74, 6) is 0. The number of hydrogen-bond donors (Lipinski definition) is 1. The summed E-state index contributed by atoms with van der Waals surface area (Å²) in [7, 11) is 1.94. The van der Waals surface area contributed by atoms with Gasteiger partial charge in [0.25, 0.3) is 0 Å². The van der Waals surface area contributed by atoms with Gasteiger partial charge in [-0.25, -0.2) is 0 Å². The average Bonchev–Trinajstić information content (AvgIpc) is 2.58. The monoisotopic (exact) mass is 273 g/mol. The first kappa shape index (κ1) is 11.0. The maximum absolute atomic E-state index is 3.98. The van der Waals surface area contributed by atoms with Gasteiger partial charge in [-0.1, -0.05) is 5.21 Å². The standard InChI is InChI=1S/C9H16BrN5/c1-14-8(9(10)12-13-14)2-5-15-6-3-11-4-7-15/h11H,2-7H2,1H3. The van der Waals surface area contributed by atoms with Gasteiger partial charge in [-0.3, -0.25) is 4.68 Å². The first-order valence-electron chi connectivity index (χ1n) is 5.24. The first-order chi connectivity index (χ1) is 7.27. The number of nitrogens with zero attached hydrogens (tertiary/aromatic N) is 4. The van der Waals surface area contributed by atoms with Crippen molar-refractivity contribution in [3.05, 3.63) is 10.3 Å². The molecule has 0 unspecified atom stereocenters. The van der Waals surface area contributed by atoms with Crippen molar-refractivity contribution >= 4 is 15.9 Å². The highest BCUT2D eigenvalue weighted by atomic mass is 79.9. The number of aryl methyl sites for hydroxylation is 1. The summed E-state index contributed by atoms with van der Waals surface area (Å²) in [6, 6.07) is 0. The lowest BCUT2D eigenvalue weighted by Crippen LogP contribution is -2.44. The third kappa shape index (κ3) is 2.76. The van der Waals surface area contributed by atoms with Gasteiger partial charge in [-0.15, -0.1) is 5.10 Å². The molecule has 1 aliphatic rings. The predicted octanol–water partition coefficient (Wildman–Crippen LogP) is 0.0253. The van der Waals surface area contributed by atoms with Crippen LogP contribution in [0.25, 0.3) is 0 Å². The zero-order valence-corrected chi connectivity index (χ0v) is 10.5. The number of aromatic nitrogens is 3. The largest absolute Gasteiger partial charge is 0.314 e. The Hall–Kier alpha value is -0.460. The van der Waals surface area contributed by atoms with Gasteiger partial charge in [-0.05, 0) is 15.9 Å². The Morgan fingerprint density at radius 2 is 2.13 bits per heavy atom. The summed E-state index contributed by atoms with van der Waals surface area (Å²) in [4.78, 5) is 2.47. The molecule has 0 bridgehead atoms. The van der Waals surface area contributed by atoms with Crippen molar-refractivity contribution in [2.45, 2.75) is 6.42 Å². The van der Waals surface area contributed by atoms with Crippen LogP contribution >= 0.6 is 15.9 Å². The van der Waals surface area contributed by atoms with Crippen molar-refractivity contribution in [1.29, 1.82) is 0 Å². The molecule has 1 aromatic heterocycles. The Morgan fingerprint density at radius 3 is 2.73 bits per heavy atom. The highest BCUT2D eigenvalue weighted by molar-refractivity contribution is 9.10. The molecule has 6 heteroatoms. The molecular weight excluding hydrogens is 258 g/mol. The normalized spacial score (nSPS) is 18.3. The smallest absolute Gasteiger partial charge is 0.151 e. The number of piperazine rings is 1. The number of rotatable bonds is 3. The maximum atomic E-state index is 3.98. The molecule has 0 saturated carbocycles. The molecule has 84 valence electrons. The summed E-state index contributed by atoms with van der Waals surface area (Å²) in [5.41, 5.74) is 1.17. The van der Waals surface area contributed by atoms with Crippen LogP contribution in [0.1, 0.15) is 5.69 Å². The quantitative estimate of drug-likeness (QED) is 0.844. The van der Waals surface area contributed by atoms with Crippen LogP contribution in [0.4, 0.5) is 0 Å². The minimum atomic E-state index is 0.875. The molecule has 1 aliphatic heterocycles.